The molecule has 0 saturated carbocycles. The number of amides is 1. The van der Waals surface area contributed by atoms with Crippen LogP contribution in [0.25, 0.3) is 0 Å². The summed E-state index contributed by atoms with van der Waals surface area (Å²) >= 11 is 0. The van der Waals surface area contributed by atoms with E-state index in [1.807, 2.05) is 36.2 Å². The quantitative estimate of drug-likeness (QED) is 0.740. The van der Waals surface area contributed by atoms with Gasteiger partial charge in [0, 0.05) is 18.3 Å². The SMILES string of the molecule is CCC(CC)NC(=O)CN(C)Cc1ccc(N)cc1. The topological polar surface area (TPSA) is 58.4 Å². The van der Waals surface area contributed by atoms with Gasteiger partial charge in [0.1, 0.15) is 0 Å². The van der Waals surface area contributed by atoms with Gasteiger partial charge >= 0.3 is 0 Å². The number of likely N-dealkylation sites (N-methyl/N-ethyl adjacent to an activating group) is 1. The van der Waals surface area contributed by atoms with Gasteiger partial charge in [-0.3, -0.25) is 9.69 Å². The summed E-state index contributed by atoms with van der Waals surface area (Å²) in [4.78, 5) is 13.9. The van der Waals surface area contributed by atoms with Crippen LogP contribution < -0.4 is 11.1 Å². The van der Waals surface area contributed by atoms with Gasteiger partial charge in [0.25, 0.3) is 0 Å². The van der Waals surface area contributed by atoms with Gasteiger partial charge in [0.15, 0.2) is 0 Å². The molecule has 0 aliphatic rings. The smallest absolute Gasteiger partial charge is 0.234 e. The molecule has 4 nitrogen and oxygen atoms in total. The molecule has 1 amide bonds. The number of hydrogen-bond acceptors (Lipinski definition) is 3. The highest BCUT2D eigenvalue weighted by Crippen LogP contribution is 2.07. The van der Waals surface area contributed by atoms with E-state index in [2.05, 4.69) is 19.2 Å². The second-order valence-electron chi connectivity index (χ2n) is 4.99. The minimum absolute atomic E-state index is 0.0895. The Kier molecular flexibility index (Phi) is 6.36. The number of anilines is 1. The van der Waals surface area contributed by atoms with Gasteiger partial charge in [-0.1, -0.05) is 26.0 Å². The highest BCUT2D eigenvalue weighted by Gasteiger charge is 2.10. The van der Waals surface area contributed by atoms with Gasteiger partial charge in [0.05, 0.1) is 6.54 Å². The van der Waals surface area contributed by atoms with Crippen molar-refractivity contribution in [3.8, 4) is 0 Å². The van der Waals surface area contributed by atoms with E-state index in [1.165, 1.54) is 0 Å². The number of carbonyl (C=O) groups excluding carboxylic acids is 1. The van der Waals surface area contributed by atoms with Crippen molar-refractivity contribution in [2.24, 2.45) is 0 Å². The van der Waals surface area contributed by atoms with Crippen molar-refractivity contribution in [2.45, 2.75) is 39.3 Å². The lowest BCUT2D eigenvalue weighted by Gasteiger charge is -2.19. The summed E-state index contributed by atoms with van der Waals surface area (Å²) in [5, 5.41) is 3.04. The molecule has 4 heteroatoms. The molecule has 0 atom stereocenters. The van der Waals surface area contributed by atoms with Crippen molar-refractivity contribution in [1.82, 2.24) is 10.2 Å². The molecule has 0 bridgehead atoms. The summed E-state index contributed by atoms with van der Waals surface area (Å²) in [6.07, 6.45) is 1.95. The van der Waals surface area contributed by atoms with Crippen LogP contribution in [0, 0.1) is 0 Å². The number of nitrogen functional groups attached to an aromatic ring is 1. The Labute approximate surface area is 116 Å². The van der Waals surface area contributed by atoms with Crippen LogP contribution in [0.15, 0.2) is 24.3 Å². The number of nitrogens with zero attached hydrogens (tertiary/aromatic N) is 1. The molecule has 0 radical (unpaired) electrons. The second-order valence-corrected chi connectivity index (χ2v) is 4.99. The molecule has 1 aromatic carbocycles. The largest absolute Gasteiger partial charge is 0.399 e. The maximum absolute atomic E-state index is 11.9. The molecule has 0 unspecified atom stereocenters. The lowest BCUT2D eigenvalue weighted by atomic mass is 10.1. The summed E-state index contributed by atoms with van der Waals surface area (Å²) in [6.45, 7) is 5.34. The van der Waals surface area contributed by atoms with Crippen molar-refractivity contribution < 1.29 is 4.79 Å². The van der Waals surface area contributed by atoms with Crippen LogP contribution in [0.2, 0.25) is 0 Å². The Morgan fingerprint density at radius 2 is 1.84 bits per heavy atom. The summed E-state index contributed by atoms with van der Waals surface area (Å²) < 4.78 is 0. The molecule has 0 aliphatic heterocycles. The van der Waals surface area contributed by atoms with Crippen LogP contribution in [0.4, 0.5) is 5.69 Å². The van der Waals surface area contributed by atoms with Crippen LogP contribution in [0.5, 0.6) is 0 Å². The maximum Gasteiger partial charge on any atom is 0.234 e. The van der Waals surface area contributed by atoms with Gasteiger partial charge in [-0.25, -0.2) is 0 Å². The third kappa shape index (κ3) is 5.75. The number of nitrogens with one attached hydrogen (secondary N) is 1. The summed E-state index contributed by atoms with van der Waals surface area (Å²) in [5.41, 5.74) is 7.57. The van der Waals surface area contributed by atoms with E-state index in [0.717, 1.165) is 30.6 Å². The third-order valence-electron chi connectivity index (χ3n) is 3.20. The average Bonchev–Trinajstić information content (AvgIpc) is 2.38. The van der Waals surface area contributed by atoms with E-state index in [0.29, 0.717) is 6.54 Å². The molecule has 106 valence electrons. The number of nitrogens with two attached hydrogens (primary N) is 1. The molecule has 0 spiro atoms. The first-order valence-electron chi connectivity index (χ1n) is 6.87. The van der Waals surface area contributed by atoms with Crippen molar-refractivity contribution in [3.05, 3.63) is 29.8 Å². The van der Waals surface area contributed by atoms with Gasteiger partial charge in [-0.15, -0.1) is 0 Å². The van der Waals surface area contributed by atoms with Gasteiger partial charge in [-0.2, -0.15) is 0 Å². The fraction of sp³-hybridized carbons (Fsp3) is 0.533. The Morgan fingerprint density at radius 1 is 1.26 bits per heavy atom. The van der Waals surface area contributed by atoms with Crippen molar-refractivity contribution >= 4 is 11.6 Å². The number of carbonyl (C=O) groups is 1. The Morgan fingerprint density at radius 3 is 2.37 bits per heavy atom. The molecule has 3 N–H and O–H groups in total. The van der Waals surface area contributed by atoms with Crippen LogP contribution >= 0.6 is 0 Å². The maximum atomic E-state index is 11.9. The first-order chi connectivity index (χ1) is 9.05. The molecule has 0 heterocycles. The molecule has 19 heavy (non-hydrogen) atoms. The minimum Gasteiger partial charge on any atom is -0.399 e. The summed E-state index contributed by atoms with van der Waals surface area (Å²) in [7, 11) is 1.95. The Balaban J connectivity index is 2.40. The predicted octanol–water partition coefficient (Wildman–Crippen LogP) is 2.01. The Hall–Kier alpha value is -1.55. The fourth-order valence-electron chi connectivity index (χ4n) is 2.00. The van der Waals surface area contributed by atoms with E-state index in [1.54, 1.807) is 0 Å². The van der Waals surface area contributed by atoms with Crippen LogP contribution in [0.3, 0.4) is 0 Å². The Bertz CT molecular complexity index is 385. The van der Waals surface area contributed by atoms with Crippen LogP contribution in [0.1, 0.15) is 32.3 Å². The van der Waals surface area contributed by atoms with Crippen LogP contribution in [-0.4, -0.2) is 30.4 Å². The molecule has 0 fully saturated rings. The highest BCUT2D eigenvalue weighted by molar-refractivity contribution is 5.78. The lowest BCUT2D eigenvalue weighted by molar-refractivity contribution is -0.122. The molecule has 1 aromatic rings. The van der Waals surface area contributed by atoms with Crippen LogP contribution in [-0.2, 0) is 11.3 Å². The van der Waals surface area contributed by atoms with E-state index >= 15 is 0 Å². The van der Waals surface area contributed by atoms with Crippen molar-refractivity contribution in [1.29, 1.82) is 0 Å². The number of rotatable bonds is 7. The van der Waals surface area contributed by atoms with E-state index in [4.69, 9.17) is 5.73 Å². The first-order valence-corrected chi connectivity index (χ1v) is 6.87. The predicted molar refractivity (Wildman–Crippen MR) is 79.7 cm³/mol. The zero-order valence-corrected chi connectivity index (χ0v) is 12.1. The number of benzene rings is 1. The van der Waals surface area contributed by atoms with Crippen molar-refractivity contribution in [2.75, 3.05) is 19.3 Å². The molecule has 1 rings (SSSR count). The third-order valence-corrected chi connectivity index (χ3v) is 3.20. The zero-order valence-electron chi connectivity index (χ0n) is 12.1. The molecule has 0 saturated heterocycles. The highest BCUT2D eigenvalue weighted by atomic mass is 16.2. The second kappa shape index (κ2) is 7.79. The van der Waals surface area contributed by atoms with Gasteiger partial charge in [-0.05, 0) is 37.6 Å². The molecule has 0 aliphatic carbocycles. The molecular weight excluding hydrogens is 238 g/mol. The number of hydrogen-bond donors (Lipinski definition) is 2. The first kappa shape index (κ1) is 15.5. The fourth-order valence-corrected chi connectivity index (χ4v) is 2.00. The normalized spacial score (nSPS) is 11.0. The van der Waals surface area contributed by atoms with E-state index < -0.39 is 0 Å². The average molecular weight is 263 g/mol. The van der Waals surface area contributed by atoms with E-state index in [-0.39, 0.29) is 11.9 Å². The molecule has 0 aromatic heterocycles. The summed E-state index contributed by atoms with van der Waals surface area (Å²) in [6, 6.07) is 8.04. The summed E-state index contributed by atoms with van der Waals surface area (Å²) in [5.74, 6) is 0.0895. The van der Waals surface area contributed by atoms with Crippen molar-refractivity contribution in [3.63, 3.8) is 0 Å². The zero-order chi connectivity index (χ0) is 14.3. The molecular formula is C15H25N3O. The van der Waals surface area contributed by atoms with Gasteiger partial charge < -0.3 is 11.1 Å². The minimum atomic E-state index is 0.0895. The van der Waals surface area contributed by atoms with Gasteiger partial charge in [0.2, 0.25) is 5.91 Å². The standard InChI is InChI=1S/C15H25N3O/c1-4-14(5-2)17-15(19)11-18(3)10-12-6-8-13(16)9-7-12/h6-9,14H,4-5,10-11,16H2,1-3H3,(H,17,19). The van der Waals surface area contributed by atoms with E-state index in [9.17, 15) is 4.79 Å². The monoisotopic (exact) mass is 263 g/mol. The lowest BCUT2D eigenvalue weighted by Crippen LogP contribution is -2.40.